The molecule has 3 aliphatic rings. The summed E-state index contributed by atoms with van der Waals surface area (Å²) < 4.78 is 0. The van der Waals surface area contributed by atoms with E-state index in [-0.39, 0.29) is 5.92 Å². The monoisotopic (exact) mass is 414 g/mol. The molecule has 6 atom stereocenters. The molecule has 168 valence electrons. The van der Waals surface area contributed by atoms with Gasteiger partial charge in [-0.1, -0.05) is 50.0 Å². The van der Waals surface area contributed by atoms with Crippen LogP contribution in [0.1, 0.15) is 86.0 Å². The van der Waals surface area contributed by atoms with E-state index in [0.717, 1.165) is 6.42 Å². The van der Waals surface area contributed by atoms with Crippen LogP contribution >= 0.6 is 0 Å². The Morgan fingerprint density at radius 2 is 1.83 bits per heavy atom. The first-order valence-electron chi connectivity index (χ1n) is 12.0. The highest BCUT2D eigenvalue weighted by Gasteiger charge is 2.50. The van der Waals surface area contributed by atoms with E-state index in [9.17, 15) is 15.3 Å². The van der Waals surface area contributed by atoms with E-state index >= 15 is 0 Å². The molecule has 3 heteroatoms. The highest BCUT2D eigenvalue weighted by Crippen LogP contribution is 2.59. The second-order valence-electron chi connectivity index (χ2n) is 11.1. The molecule has 0 saturated heterocycles. The Kier molecular flexibility index (Phi) is 7.22. The van der Waals surface area contributed by atoms with E-state index in [0.29, 0.717) is 36.0 Å². The van der Waals surface area contributed by atoms with Crippen LogP contribution in [-0.4, -0.2) is 33.1 Å². The standard InChI is InChI=1S/C27H42O3/c1-18(8-6-14-26(3,4)30)22-12-13-23-21(9-7-15-27(22,23)5)11-10-20-16-24(28)19(2)25(29)17-20/h10-11,18-19,22-25,28-30H,7-9,12-13,15-17H2,1-5H3/b20-10?,21-11+/t18-,19?,22+,23+,24+,25+,27+/m0/s1. The van der Waals surface area contributed by atoms with Gasteiger partial charge in [0.15, 0.2) is 0 Å². The van der Waals surface area contributed by atoms with Crippen molar-refractivity contribution < 1.29 is 15.3 Å². The Hall–Kier alpha value is -1.08. The first-order chi connectivity index (χ1) is 14.0. The predicted octanol–water partition coefficient (Wildman–Crippen LogP) is 5.01. The number of fused-ring (bicyclic) bond motifs is 1. The second-order valence-corrected chi connectivity index (χ2v) is 11.1. The van der Waals surface area contributed by atoms with Crippen molar-refractivity contribution in [2.45, 2.75) is 104 Å². The third-order valence-corrected chi connectivity index (χ3v) is 8.23. The summed E-state index contributed by atoms with van der Waals surface area (Å²) in [5.41, 5.74) is 2.17. The molecule has 3 aliphatic carbocycles. The Balaban J connectivity index is 1.72. The molecule has 3 nitrogen and oxygen atoms in total. The quantitative estimate of drug-likeness (QED) is 0.569. The molecule has 0 aliphatic heterocycles. The lowest BCUT2D eigenvalue weighted by Gasteiger charge is -2.44. The maximum absolute atomic E-state index is 10.2. The molecule has 3 rings (SSSR count). The Labute approximate surface area is 183 Å². The van der Waals surface area contributed by atoms with Gasteiger partial charge in [-0.3, -0.25) is 0 Å². The molecule has 3 fully saturated rings. The molecule has 0 radical (unpaired) electrons. The Morgan fingerprint density at radius 1 is 1.17 bits per heavy atom. The van der Waals surface area contributed by atoms with Gasteiger partial charge in [-0.15, -0.1) is 5.92 Å². The molecule has 3 saturated carbocycles. The lowest BCUT2D eigenvalue weighted by atomic mass is 9.61. The number of hydrogen-bond acceptors (Lipinski definition) is 3. The second kappa shape index (κ2) is 9.19. The molecule has 3 N–H and O–H groups in total. The molecule has 0 heterocycles. The number of hydrogen-bond donors (Lipinski definition) is 3. The van der Waals surface area contributed by atoms with Crippen LogP contribution in [0.25, 0.3) is 0 Å². The summed E-state index contributed by atoms with van der Waals surface area (Å²) in [5.74, 6) is 8.03. The first kappa shape index (κ1) is 23.6. The smallest absolute Gasteiger partial charge is 0.119 e. The minimum Gasteiger partial charge on any atom is -0.392 e. The largest absolute Gasteiger partial charge is 0.392 e. The van der Waals surface area contributed by atoms with Crippen LogP contribution < -0.4 is 0 Å². The fourth-order valence-electron chi connectivity index (χ4n) is 6.39. The Bertz CT molecular complexity index is 717. The molecule has 0 amide bonds. The van der Waals surface area contributed by atoms with Crippen molar-refractivity contribution in [3.63, 3.8) is 0 Å². The van der Waals surface area contributed by atoms with E-state index < -0.39 is 17.8 Å². The summed E-state index contributed by atoms with van der Waals surface area (Å²) in [5, 5.41) is 30.3. The highest BCUT2D eigenvalue weighted by molar-refractivity contribution is 5.26. The van der Waals surface area contributed by atoms with Gasteiger partial charge in [0.05, 0.1) is 12.2 Å². The van der Waals surface area contributed by atoms with Gasteiger partial charge in [-0.25, -0.2) is 0 Å². The van der Waals surface area contributed by atoms with Crippen LogP contribution in [0.5, 0.6) is 0 Å². The molecule has 0 aromatic carbocycles. The summed E-state index contributed by atoms with van der Waals surface area (Å²) in [6, 6.07) is 0. The molecule has 0 aromatic heterocycles. The molecular weight excluding hydrogens is 372 g/mol. The lowest BCUT2D eigenvalue weighted by Crippen LogP contribution is -2.36. The van der Waals surface area contributed by atoms with E-state index in [1.165, 1.54) is 37.7 Å². The van der Waals surface area contributed by atoms with Crippen LogP contribution in [0.4, 0.5) is 0 Å². The molecule has 0 bridgehead atoms. The van der Waals surface area contributed by atoms with Gasteiger partial charge in [-0.2, -0.15) is 0 Å². The predicted molar refractivity (Wildman–Crippen MR) is 123 cm³/mol. The van der Waals surface area contributed by atoms with Crippen LogP contribution in [0.2, 0.25) is 0 Å². The van der Waals surface area contributed by atoms with Gasteiger partial charge in [0.1, 0.15) is 5.60 Å². The van der Waals surface area contributed by atoms with Gasteiger partial charge in [0, 0.05) is 12.3 Å². The van der Waals surface area contributed by atoms with E-state index in [1.54, 1.807) is 19.4 Å². The van der Waals surface area contributed by atoms with Crippen molar-refractivity contribution in [3.8, 4) is 11.8 Å². The normalized spacial score (nSPS) is 39.3. The molecule has 30 heavy (non-hydrogen) atoms. The molecule has 0 aromatic rings. The van der Waals surface area contributed by atoms with Crippen LogP contribution in [0.3, 0.4) is 0 Å². The van der Waals surface area contributed by atoms with E-state index in [1.807, 2.05) is 6.92 Å². The summed E-state index contributed by atoms with van der Waals surface area (Å²) in [4.78, 5) is 0. The van der Waals surface area contributed by atoms with Gasteiger partial charge in [0.2, 0.25) is 0 Å². The van der Waals surface area contributed by atoms with Gasteiger partial charge in [0.25, 0.3) is 0 Å². The summed E-state index contributed by atoms with van der Waals surface area (Å²) in [7, 11) is 0. The maximum Gasteiger partial charge on any atom is 0.119 e. The zero-order valence-electron chi connectivity index (χ0n) is 19.6. The summed E-state index contributed by atoms with van der Waals surface area (Å²) in [6.07, 6.45) is 12.1. The van der Waals surface area contributed by atoms with Gasteiger partial charge in [-0.05, 0) is 82.0 Å². The van der Waals surface area contributed by atoms with Crippen molar-refractivity contribution in [2.24, 2.45) is 29.1 Å². The van der Waals surface area contributed by atoms with Crippen LogP contribution in [-0.2, 0) is 0 Å². The summed E-state index contributed by atoms with van der Waals surface area (Å²) >= 11 is 0. The van der Waals surface area contributed by atoms with Crippen molar-refractivity contribution in [1.82, 2.24) is 0 Å². The average Bonchev–Trinajstić information content (AvgIpc) is 3.00. The minimum atomic E-state index is -0.909. The number of allylic oxidation sites excluding steroid dienone is 3. The fourth-order valence-corrected chi connectivity index (χ4v) is 6.39. The number of rotatable bonds is 3. The zero-order chi connectivity index (χ0) is 22.1. The van der Waals surface area contributed by atoms with Crippen molar-refractivity contribution in [1.29, 1.82) is 0 Å². The van der Waals surface area contributed by atoms with Gasteiger partial charge >= 0.3 is 0 Å². The molecule has 0 unspecified atom stereocenters. The number of aliphatic hydroxyl groups excluding tert-OH is 2. The van der Waals surface area contributed by atoms with Crippen molar-refractivity contribution in [3.05, 3.63) is 23.3 Å². The maximum atomic E-state index is 10.2. The van der Waals surface area contributed by atoms with Crippen LogP contribution in [0, 0.1) is 40.9 Å². The van der Waals surface area contributed by atoms with E-state index in [4.69, 9.17) is 0 Å². The van der Waals surface area contributed by atoms with Crippen LogP contribution in [0.15, 0.2) is 23.3 Å². The van der Waals surface area contributed by atoms with Crippen molar-refractivity contribution >= 4 is 0 Å². The SMILES string of the molecule is CC1[C@H](O)CC(=C/C=C2\CCC[C@@]3(C)[C@@H]2CC[C@@H]3[C@@H](C)CC#CC(C)(C)O)C[C@H]1O. The zero-order valence-corrected chi connectivity index (χ0v) is 19.6. The fraction of sp³-hybridized carbons (Fsp3) is 0.778. The number of aliphatic hydroxyl groups is 3. The highest BCUT2D eigenvalue weighted by atomic mass is 16.3. The average molecular weight is 415 g/mol. The summed E-state index contributed by atoms with van der Waals surface area (Å²) in [6.45, 7) is 10.3. The van der Waals surface area contributed by atoms with Crippen molar-refractivity contribution in [2.75, 3.05) is 0 Å². The van der Waals surface area contributed by atoms with Gasteiger partial charge < -0.3 is 15.3 Å². The molecular formula is C27H42O3. The third kappa shape index (κ3) is 5.21. The lowest BCUT2D eigenvalue weighted by molar-refractivity contribution is 0.00406. The first-order valence-corrected chi connectivity index (χ1v) is 12.0. The Morgan fingerprint density at radius 3 is 2.47 bits per heavy atom. The van der Waals surface area contributed by atoms with E-state index in [2.05, 4.69) is 37.8 Å². The third-order valence-electron chi connectivity index (χ3n) is 8.23. The minimum absolute atomic E-state index is 0.0376. The molecule has 0 spiro atoms. The topological polar surface area (TPSA) is 60.7 Å².